The van der Waals surface area contributed by atoms with Gasteiger partial charge in [0, 0.05) is 26.7 Å². The normalized spacial score (nSPS) is 36.2. The Kier molecular flexibility index (Phi) is 9.69. The summed E-state index contributed by atoms with van der Waals surface area (Å²) in [4.78, 5) is 62.3. The lowest BCUT2D eigenvalue weighted by atomic mass is 9.69. The number of amides is 1. The van der Waals surface area contributed by atoms with Gasteiger partial charge in [0.1, 0.15) is 17.6 Å². The third-order valence-electron chi connectivity index (χ3n) is 6.44. The Labute approximate surface area is 211 Å². The second-order valence-corrected chi connectivity index (χ2v) is 9.57. The number of hydrogen-bond donors (Lipinski definition) is 2. The van der Waals surface area contributed by atoms with Crippen LogP contribution in [-0.2, 0) is 33.4 Å². The molecule has 0 saturated carbocycles. The van der Waals surface area contributed by atoms with E-state index in [2.05, 4.69) is 5.32 Å². The van der Waals surface area contributed by atoms with E-state index in [1.165, 1.54) is 19.9 Å². The van der Waals surface area contributed by atoms with Gasteiger partial charge >= 0.3 is 11.9 Å². The lowest BCUT2D eigenvalue weighted by Crippen LogP contribution is -2.61. The molecule has 1 amide bonds. The van der Waals surface area contributed by atoms with Gasteiger partial charge < -0.3 is 19.9 Å². The summed E-state index contributed by atoms with van der Waals surface area (Å²) in [6, 6.07) is -1.18. The Morgan fingerprint density at radius 3 is 2.36 bits per heavy atom. The van der Waals surface area contributed by atoms with Crippen molar-refractivity contribution in [1.82, 2.24) is 5.32 Å². The number of fused-ring (bicyclic) bond motifs is 10. The lowest BCUT2D eigenvalue weighted by Gasteiger charge is -2.42. The van der Waals surface area contributed by atoms with Gasteiger partial charge in [-0.3, -0.25) is 24.0 Å². The molecule has 196 valence electrons. The minimum absolute atomic E-state index is 0.00940. The molecule has 0 radical (unpaired) electrons. The number of aliphatic hydroxyl groups is 1. The van der Waals surface area contributed by atoms with Gasteiger partial charge in [-0.25, -0.2) is 0 Å². The number of carbonyl (C=O) groups is 5. The minimum Gasteiger partial charge on any atom is -0.461 e. The number of nitrogens with one attached hydrogen (secondary N) is 1. The fourth-order valence-electron chi connectivity index (χ4n) is 4.14. The number of esters is 2. The van der Waals surface area contributed by atoms with E-state index in [1.807, 2.05) is 13.0 Å². The quantitative estimate of drug-likeness (QED) is 0.342. The third-order valence-corrected chi connectivity index (χ3v) is 6.44. The zero-order valence-corrected chi connectivity index (χ0v) is 21.6. The number of aliphatic hydroxyl groups excluding tert-OH is 1. The molecule has 0 aromatic carbocycles. The van der Waals surface area contributed by atoms with E-state index in [9.17, 15) is 29.1 Å². The molecule has 6 atom stereocenters. The fourth-order valence-corrected chi connectivity index (χ4v) is 4.14. The van der Waals surface area contributed by atoms with Crippen molar-refractivity contribution in [2.45, 2.75) is 78.7 Å². The number of hydrogen-bond acceptors (Lipinski definition) is 8. The van der Waals surface area contributed by atoms with Crippen LogP contribution in [0.4, 0.5) is 0 Å². The summed E-state index contributed by atoms with van der Waals surface area (Å²) < 4.78 is 11.0. The van der Waals surface area contributed by atoms with Crippen molar-refractivity contribution in [2.24, 2.45) is 11.3 Å². The van der Waals surface area contributed by atoms with Gasteiger partial charge in [0.05, 0.1) is 18.1 Å². The standard InChI is InChI=1S/C27H35NO8/c1-15-7-10-20(31)14-22-17(3)24(32)27(6,26(34)36-22)23(28-25(33)18(4)29)13-16(2)9-12-21(11-8-15)35-19(5)30/h7-10,12-13,17,20-23,31H,11,14H2,1-6H3,(H,28,33)/b10-7+,12-9-,15-8-,16-13-/t17-,20-,21+,22-,23-,27+/m1/s1. The van der Waals surface area contributed by atoms with E-state index < -0.39 is 65.1 Å². The molecule has 1 fully saturated rings. The maximum atomic E-state index is 13.5. The van der Waals surface area contributed by atoms with Crippen molar-refractivity contribution in [3.63, 3.8) is 0 Å². The monoisotopic (exact) mass is 501 g/mol. The second-order valence-electron chi connectivity index (χ2n) is 9.57. The van der Waals surface area contributed by atoms with E-state index >= 15 is 0 Å². The Bertz CT molecular complexity index is 1040. The first-order valence-electron chi connectivity index (χ1n) is 11.9. The SMILES string of the molecule is CC(=O)O[C@@H]1/C=C\C(C)=C/[C@@H](NC(=O)C(C)=O)[C@]2(C)C(=O)O[C@H](C[C@H](O)/C=C/C(C)=C\C1)[C@@H](C)C2=O. The van der Waals surface area contributed by atoms with Crippen LogP contribution >= 0.6 is 0 Å². The topological polar surface area (TPSA) is 136 Å². The fraction of sp³-hybridized carbons (Fsp3) is 0.519. The van der Waals surface area contributed by atoms with Crippen molar-refractivity contribution < 1.29 is 38.6 Å². The van der Waals surface area contributed by atoms with E-state index in [4.69, 9.17) is 9.47 Å². The largest absolute Gasteiger partial charge is 0.461 e. The molecule has 0 unspecified atom stereocenters. The van der Waals surface area contributed by atoms with Crippen LogP contribution in [0.2, 0.25) is 0 Å². The molecule has 9 heteroatoms. The highest BCUT2D eigenvalue weighted by atomic mass is 16.6. The zero-order chi connectivity index (χ0) is 27.2. The lowest BCUT2D eigenvalue weighted by molar-refractivity contribution is -0.181. The van der Waals surface area contributed by atoms with Crippen LogP contribution in [0.25, 0.3) is 0 Å². The maximum Gasteiger partial charge on any atom is 0.322 e. The molecule has 1 saturated heterocycles. The molecule has 0 aromatic heterocycles. The summed E-state index contributed by atoms with van der Waals surface area (Å²) in [5.41, 5.74) is -0.434. The van der Waals surface area contributed by atoms with Gasteiger partial charge in [-0.15, -0.1) is 0 Å². The number of carbonyl (C=O) groups excluding carboxylic acids is 5. The maximum absolute atomic E-state index is 13.5. The van der Waals surface area contributed by atoms with Crippen molar-refractivity contribution in [3.8, 4) is 0 Å². The summed E-state index contributed by atoms with van der Waals surface area (Å²) in [6.45, 7) is 8.89. The van der Waals surface area contributed by atoms with E-state index in [0.29, 0.717) is 12.0 Å². The first-order chi connectivity index (χ1) is 16.7. The summed E-state index contributed by atoms with van der Waals surface area (Å²) in [5.74, 6) is -4.29. The molecule has 2 N–H and O–H groups in total. The number of ether oxygens (including phenoxy) is 2. The number of Topliss-reactive ketones (excluding diaryl/α,β-unsaturated/α-hetero) is 2. The first-order valence-corrected chi connectivity index (χ1v) is 11.9. The molecule has 3 rings (SSSR count). The van der Waals surface area contributed by atoms with Crippen LogP contribution in [-0.4, -0.2) is 58.9 Å². The van der Waals surface area contributed by atoms with Crippen LogP contribution in [0.3, 0.4) is 0 Å². The molecular formula is C27H35NO8. The van der Waals surface area contributed by atoms with Gasteiger partial charge in [0.25, 0.3) is 5.91 Å². The Balaban J connectivity index is 2.62. The molecule has 9 nitrogen and oxygen atoms in total. The predicted octanol–water partition coefficient (Wildman–Crippen LogP) is 2.29. The highest BCUT2D eigenvalue weighted by Gasteiger charge is 2.56. The van der Waals surface area contributed by atoms with Gasteiger partial charge in [-0.1, -0.05) is 48.5 Å². The Morgan fingerprint density at radius 1 is 1.11 bits per heavy atom. The minimum atomic E-state index is -1.81. The molecule has 2 heterocycles. The van der Waals surface area contributed by atoms with Crippen molar-refractivity contribution in [1.29, 1.82) is 0 Å². The van der Waals surface area contributed by atoms with Gasteiger partial charge in [0.15, 0.2) is 5.78 Å². The van der Waals surface area contributed by atoms with Crippen LogP contribution in [0.15, 0.2) is 47.6 Å². The predicted molar refractivity (Wildman–Crippen MR) is 131 cm³/mol. The van der Waals surface area contributed by atoms with E-state index in [-0.39, 0.29) is 6.42 Å². The molecule has 0 aromatic rings. The van der Waals surface area contributed by atoms with Gasteiger partial charge in [-0.05, 0) is 26.8 Å². The van der Waals surface area contributed by atoms with Crippen LogP contribution < -0.4 is 5.32 Å². The van der Waals surface area contributed by atoms with Crippen molar-refractivity contribution in [3.05, 3.63) is 47.6 Å². The molecule has 1 aliphatic carbocycles. The van der Waals surface area contributed by atoms with Crippen molar-refractivity contribution >= 4 is 29.4 Å². The van der Waals surface area contributed by atoms with E-state index in [0.717, 1.165) is 12.5 Å². The first kappa shape index (κ1) is 28.9. The Hall–Kier alpha value is -3.33. The zero-order valence-electron chi connectivity index (χ0n) is 21.6. The summed E-state index contributed by atoms with van der Waals surface area (Å²) >= 11 is 0. The summed E-state index contributed by atoms with van der Waals surface area (Å²) in [7, 11) is 0. The average Bonchev–Trinajstić information content (AvgIpc) is 2.80. The molecule has 36 heavy (non-hydrogen) atoms. The Morgan fingerprint density at radius 2 is 1.75 bits per heavy atom. The van der Waals surface area contributed by atoms with Gasteiger partial charge in [0.2, 0.25) is 5.78 Å². The van der Waals surface area contributed by atoms with Crippen molar-refractivity contribution in [2.75, 3.05) is 0 Å². The molecule has 2 aliphatic heterocycles. The summed E-state index contributed by atoms with van der Waals surface area (Å²) in [5, 5.41) is 13.0. The van der Waals surface area contributed by atoms with E-state index in [1.54, 1.807) is 38.2 Å². The molecule has 3 aliphatic rings. The summed E-state index contributed by atoms with van der Waals surface area (Å²) in [6.07, 6.45) is 7.84. The molecule has 0 spiro atoms. The smallest absolute Gasteiger partial charge is 0.322 e. The second kappa shape index (κ2) is 12.1. The van der Waals surface area contributed by atoms with Gasteiger partial charge in [-0.2, -0.15) is 0 Å². The highest BCUT2D eigenvalue weighted by molar-refractivity contribution is 6.35. The average molecular weight is 502 g/mol. The van der Waals surface area contributed by atoms with Crippen LogP contribution in [0.5, 0.6) is 0 Å². The molecular weight excluding hydrogens is 466 g/mol. The number of rotatable bonds is 3. The third kappa shape index (κ3) is 7.10. The highest BCUT2D eigenvalue weighted by Crippen LogP contribution is 2.38. The number of ketones is 2. The molecule has 2 bridgehead atoms. The number of allylic oxidation sites excluding steroid dienone is 4. The van der Waals surface area contributed by atoms with Crippen LogP contribution in [0, 0.1) is 11.3 Å². The van der Waals surface area contributed by atoms with Crippen LogP contribution in [0.1, 0.15) is 54.4 Å².